The molecular formula is C27H37IN2O9. The molecule has 4 rings (SSSR count). The molecule has 2 aliphatic heterocycles. The van der Waals surface area contributed by atoms with Crippen LogP contribution in [0.15, 0.2) is 23.8 Å². The number of hydrogen-bond acceptors (Lipinski definition) is 9. The fraction of sp³-hybridized carbons (Fsp3) is 0.630. The minimum absolute atomic E-state index is 0.0672. The number of aliphatic hydroxyl groups is 3. The van der Waals surface area contributed by atoms with Crippen LogP contribution >= 0.6 is 22.6 Å². The minimum Gasteiger partial charge on any atom is -0.493 e. The van der Waals surface area contributed by atoms with Crippen LogP contribution in [-0.2, 0) is 25.7 Å². The Morgan fingerprint density at radius 1 is 1.18 bits per heavy atom. The number of rotatable bonds is 11. The number of halogens is 1. The summed E-state index contributed by atoms with van der Waals surface area (Å²) in [5.41, 5.74) is 0.970. The van der Waals surface area contributed by atoms with Crippen LogP contribution in [0.5, 0.6) is 11.5 Å². The molecule has 0 aromatic heterocycles. The van der Waals surface area contributed by atoms with Crippen molar-refractivity contribution in [3.8, 4) is 11.5 Å². The second-order valence-corrected chi connectivity index (χ2v) is 11.1. The number of carbonyl (C=O) groups excluding carboxylic acids is 2. The Hall–Kier alpha value is -1.97. The van der Waals surface area contributed by atoms with E-state index in [0.717, 1.165) is 19.3 Å². The van der Waals surface area contributed by atoms with Crippen LogP contribution in [0.4, 0.5) is 0 Å². The first-order chi connectivity index (χ1) is 18.9. The van der Waals surface area contributed by atoms with E-state index in [1.165, 1.54) is 7.11 Å². The van der Waals surface area contributed by atoms with Crippen molar-refractivity contribution >= 4 is 34.4 Å². The number of carbonyl (C=O) groups is 2. The molecule has 0 saturated carbocycles. The highest BCUT2D eigenvalue weighted by atomic mass is 127. The number of nitrogens with zero attached hydrogens (tertiary/aromatic N) is 1. The van der Waals surface area contributed by atoms with Gasteiger partial charge in [-0.05, 0) is 72.0 Å². The average molecular weight is 661 g/mol. The molecule has 2 heterocycles. The minimum atomic E-state index is -1.18. The summed E-state index contributed by atoms with van der Waals surface area (Å²) in [4.78, 5) is 28.4. The van der Waals surface area contributed by atoms with Gasteiger partial charge < -0.3 is 44.5 Å². The van der Waals surface area contributed by atoms with Crippen LogP contribution < -0.4 is 14.8 Å². The van der Waals surface area contributed by atoms with Gasteiger partial charge in [0.1, 0.15) is 18.3 Å². The number of amides is 2. The van der Waals surface area contributed by atoms with Crippen molar-refractivity contribution in [1.29, 1.82) is 0 Å². The third-order valence-electron chi connectivity index (χ3n) is 7.25. The van der Waals surface area contributed by atoms with Gasteiger partial charge in [-0.3, -0.25) is 9.59 Å². The largest absolute Gasteiger partial charge is 0.493 e. The quantitative estimate of drug-likeness (QED) is 0.254. The topological polar surface area (TPSA) is 147 Å². The third-order valence-corrected chi connectivity index (χ3v) is 8.05. The molecule has 0 radical (unpaired) electrons. The van der Waals surface area contributed by atoms with Gasteiger partial charge in [-0.2, -0.15) is 0 Å². The summed E-state index contributed by atoms with van der Waals surface area (Å²) in [6, 6.07) is 2.61. The van der Waals surface area contributed by atoms with Gasteiger partial charge in [-0.1, -0.05) is 0 Å². The van der Waals surface area contributed by atoms with Gasteiger partial charge in [0.05, 0.1) is 36.0 Å². The molecule has 2 amide bonds. The van der Waals surface area contributed by atoms with E-state index in [4.69, 9.17) is 18.9 Å². The Balaban J connectivity index is 1.68. The summed E-state index contributed by atoms with van der Waals surface area (Å²) >= 11 is 2.06. The zero-order valence-corrected chi connectivity index (χ0v) is 24.2. The molecule has 2 fully saturated rings. The summed E-state index contributed by atoms with van der Waals surface area (Å²) in [7, 11) is 1.48. The maximum Gasteiger partial charge on any atom is 0.252 e. The normalized spacial score (nSPS) is 26.7. The lowest BCUT2D eigenvalue weighted by Crippen LogP contribution is -2.58. The van der Waals surface area contributed by atoms with E-state index < -0.39 is 30.3 Å². The Bertz CT molecular complexity index is 1040. The van der Waals surface area contributed by atoms with E-state index in [1.807, 2.05) is 0 Å². The smallest absolute Gasteiger partial charge is 0.252 e. The molecule has 39 heavy (non-hydrogen) atoms. The second-order valence-electron chi connectivity index (χ2n) is 9.91. The number of nitrogens with one attached hydrogen (secondary N) is 1. The predicted molar refractivity (Wildman–Crippen MR) is 148 cm³/mol. The first-order valence-electron chi connectivity index (χ1n) is 13.3. The number of methoxy groups -OCH3 is 1. The molecule has 1 aromatic rings. The molecule has 0 bridgehead atoms. The Labute approximate surface area is 241 Å². The standard InChI is InChI=1S/C27H37IN2O9/c1-36-23-11-16(15-32)10-19(28)25(23)39-22-13-17(26(34)29-6-7-31)12-20(24(22)33)30(14-18-4-2-8-37-18)27(35)21-5-3-9-38-21/h10-11,13,18,20-22,24,31-33H,2-9,12,14-15H2,1H3,(H,29,34)/t18-,20+,21?,22-,24-/m0/s1. The van der Waals surface area contributed by atoms with Crippen molar-refractivity contribution in [3.63, 3.8) is 0 Å². The molecule has 0 spiro atoms. The van der Waals surface area contributed by atoms with Crippen molar-refractivity contribution in [3.05, 3.63) is 32.9 Å². The first kappa shape index (κ1) is 30.0. The zero-order valence-electron chi connectivity index (χ0n) is 22.0. The zero-order chi connectivity index (χ0) is 27.9. The molecule has 3 aliphatic rings. The lowest BCUT2D eigenvalue weighted by Gasteiger charge is -2.42. The van der Waals surface area contributed by atoms with Gasteiger partial charge in [0.2, 0.25) is 5.91 Å². The third kappa shape index (κ3) is 7.22. The number of ether oxygens (including phenoxy) is 4. The molecular weight excluding hydrogens is 623 g/mol. The van der Waals surface area contributed by atoms with E-state index in [1.54, 1.807) is 23.1 Å². The highest BCUT2D eigenvalue weighted by molar-refractivity contribution is 14.1. The summed E-state index contributed by atoms with van der Waals surface area (Å²) in [5, 5.41) is 33.1. The van der Waals surface area contributed by atoms with Crippen molar-refractivity contribution < 1.29 is 43.9 Å². The van der Waals surface area contributed by atoms with Gasteiger partial charge in [0.25, 0.3) is 5.91 Å². The van der Waals surface area contributed by atoms with E-state index in [-0.39, 0.29) is 44.7 Å². The van der Waals surface area contributed by atoms with Crippen LogP contribution in [0.1, 0.15) is 37.7 Å². The van der Waals surface area contributed by atoms with Crippen molar-refractivity contribution in [2.45, 2.75) is 69.2 Å². The first-order valence-corrected chi connectivity index (χ1v) is 14.4. The average Bonchev–Trinajstić information content (AvgIpc) is 3.67. The number of benzene rings is 1. The predicted octanol–water partition coefficient (Wildman–Crippen LogP) is 0.894. The number of hydrogen-bond donors (Lipinski definition) is 4. The Kier molecular flexibility index (Phi) is 10.8. The SMILES string of the molecule is COc1cc(CO)cc(I)c1O[C@H]1C=C(C(=O)NCCO)C[C@@H](N(C[C@@H]2CCCO2)C(=O)C2CCCO2)[C@@H]1O. The fourth-order valence-corrected chi connectivity index (χ4v) is 6.04. The summed E-state index contributed by atoms with van der Waals surface area (Å²) in [6.07, 6.45) is 1.76. The van der Waals surface area contributed by atoms with E-state index in [9.17, 15) is 24.9 Å². The Morgan fingerprint density at radius 3 is 2.59 bits per heavy atom. The lowest BCUT2D eigenvalue weighted by molar-refractivity contribution is -0.150. The van der Waals surface area contributed by atoms with Gasteiger partial charge in [0, 0.05) is 38.3 Å². The lowest BCUT2D eigenvalue weighted by atomic mass is 9.87. The van der Waals surface area contributed by atoms with E-state index >= 15 is 0 Å². The molecule has 12 heteroatoms. The van der Waals surface area contributed by atoms with Crippen LogP contribution in [0.3, 0.4) is 0 Å². The second kappa shape index (κ2) is 14.1. The summed E-state index contributed by atoms with van der Waals surface area (Å²) < 4.78 is 24.0. The molecule has 11 nitrogen and oxygen atoms in total. The number of aliphatic hydroxyl groups excluding tert-OH is 3. The van der Waals surface area contributed by atoms with Gasteiger partial charge >= 0.3 is 0 Å². The molecule has 2 saturated heterocycles. The van der Waals surface area contributed by atoms with Crippen LogP contribution in [0.25, 0.3) is 0 Å². The fourth-order valence-electron chi connectivity index (χ4n) is 5.25. The van der Waals surface area contributed by atoms with Crippen LogP contribution in [0, 0.1) is 3.57 Å². The molecule has 4 N–H and O–H groups in total. The van der Waals surface area contributed by atoms with Crippen molar-refractivity contribution in [2.75, 3.05) is 40.0 Å². The maximum absolute atomic E-state index is 13.7. The van der Waals surface area contributed by atoms with Crippen molar-refractivity contribution in [1.82, 2.24) is 10.2 Å². The van der Waals surface area contributed by atoms with Crippen molar-refractivity contribution in [2.24, 2.45) is 0 Å². The highest BCUT2D eigenvalue weighted by Crippen LogP contribution is 2.37. The Morgan fingerprint density at radius 2 is 1.95 bits per heavy atom. The van der Waals surface area contributed by atoms with Gasteiger partial charge in [-0.25, -0.2) is 0 Å². The van der Waals surface area contributed by atoms with E-state index in [2.05, 4.69) is 27.9 Å². The van der Waals surface area contributed by atoms with Crippen LogP contribution in [0.2, 0.25) is 0 Å². The molecule has 216 valence electrons. The monoisotopic (exact) mass is 660 g/mol. The maximum atomic E-state index is 13.7. The highest BCUT2D eigenvalue weighted by Gasteiger charge is 2.44. The summed E-state index contributed by atoms with van der Waals surface area (Å²) in [6.45, 7) is 1.05. The van der Waals surface area contributed by atoms with Gasteiger partial charge in [0.15, 0.2) is 11.5 Å². The van der Waals surface area contributed by atoms with Crippen LogP contribution in [-0.4, -0.2) is 103 Å². The van der Waals surface area contributed by atoms with E-state index in [0.29, 0.717) is 45.8 Å². The molecule has 1 aromatic carbocycles. The van der Waals surface area contributed by atoms with Gasteiger partial charge in [-0.15, -0.1) is 0 Å². The molecule has 5 atom stereocenters. The molecule has 1 unspecified atom stereocenters. The summed E-state index contributed by atoms with van der Waals surface area (Å²) in [5.74, 6) is 0.0739. The molecule has 1 aliphatic carbocycles.